The van der Waals surface area contributed by atoms with Gasteiger partial charge in [0, 0.05) is 11.4 Å². The fraction of sp³-hybridized carbons (Fsp3) is 0.364. The van der Waals surface area contributed by atoms with Crippen LogP contribution >= 0.6 is 35.5 Å². The monoisotopic (exact) mass is 465 g/mol. The summed E-state index contributed by atoms with van der Waals surface area (Å²) < 4.78 is 6.63. The Morgan fingerprint density at radius 3 is 2.60 bits per heavy atom. The van der Waals surface area contributed by atoms with Crippen LogP contribution in [0.1, 0.15) is 13.3 Å². The second kappa shape index (κ2) is 12.2. The molecule has 0 bridgehead atoms. The van der Waals surface area contributed by atoms with E-state index in [2.05, 4.69) is 4.90 Å². The van der Waals surface area contributed by atoms with Crippen molar-refractivity contribution in [3.05, 3.63) is 48.5 Å². The van der Waals surface area contributed by atoms with Gasteiger partial charge in [-0.3, -0.25) is 9.69 Å². The molecule has 5 nitrogen and oxygen atoms in total. The molecular weight excluding hydrogens is 438 g/mol. The van der Waals surface area contributed by atoms with Crippen LogP contribution in [0.25, 0.3) is 10.2 Å². The first-order valence-electron chi connectivity index (χ1n) is 9.73. The van der Waals surface area contributed by atoms with Gasteiger partial charge in [-0.15, -0.1) is 24.2 Å². The van der Waals surface area contributed by atoms with E-state index in [1.807, 2.05) is 74.4 Å². The summed E-state index contributed by atoms with van der Waals surface area (Å²) in [4.78, 5) is 22.9. The van der Waals surface area contributed by atoms with E-state index in [4.69, 9.17) is 9.72 Å². The largest absolute Gasteiger partial charge is 0.494 e. The summed E-state index contributed by atoms with van der Waals surface area (Å²) in [6.07, 6.45) is 0.898. The molecule has 0 radical (unpaired) electrons. The Kier molecular flexibility index (Phi) is 9.91. The normalized spacial score (nSPS) is 10.8. The van der Waals surface area contributed by atoms with E-state index in [0.717, 1.165) is 39.0 Å². The summed E-state index contributed by atoms with van der Waals surface area (Å²) in [5.74, 6) is 1.31. The molecule has 8 heteroatoms. The number of fused-ring (bicyclic) bond motifs is 1. The van der Waals surface area contributed by atoms with E-state index in [-0.39, 0.29) is 18.3 Å². The van der Waals surface area contributed by atoms with Crippen LogP contribution in [0.2, 0.25) is 0 Å². The quantitative estimate of drug-likeness (QED) is 0.385. The number of nitrogens with zero attached hydrogens (tertiary/aromatic N) is 3. The standard InChI is InChI=1S/C22H27N3O2S2.ClH/c1-4-27-17-11-12-19-20(15-17)29-22(23-19)25(14-8-13-24(2)3)21(26)16-28-18-9-6-5-7-10-18;/h5-7,9-12,15H,4,8,13-14,16H2,1-3H3;1H. The maximum Gasteiger partial charge on any atom is 0.239 e. The van der Waals surface area contributed by atoms with E-state index in [1.165, 1.54) is 0 Å². The van der Waals surface area contributed by atoms with E-state index in [9.17, 15) is 4.79 Å². The third-order valence-corrected chi connectivity index (χ3v) is 6.32. The Bertz CT molecular complexity index is 935. The summed E-state index contributed by atoms with van der Waals surface area (Å²) in [5.41, 5.74) is 0.898. The van der Waals surface area contributed by atoms with Crippen molar-refractivity contribution in [2.45, 2.75) is 18.2 Å². The van der Waals surface area contributed by atoms with Gasteiger partial charge >= 0.3 is 0 Å². The molecule has 1 aromatic heterocycles. The molecule has 0 spiro atoms. The smallest absolute Gasteiger partial charge is 0.239 e. The van der Waals surface area contributed by atoms with Gasteiger partial charge in [0.15, 0.2) is 5.13 Å². The summed E-state index contributed by atoms with van der Waals surface area (Å²) in [5, 5.41) is 0.756. The molecule has 0 fully saturated rings. The second-order valence-electron chi connectivity index (χ2n) is 6.86. The summed E-state index contributed by atoms with van der Waals surface area (Å²) in [6.45, 7) is 4.18. The number of thioether (sulfide) groups is 1. The average Bonchev–Trinajstić information content (AvgIpc) is 3.13. The van der Waals surface area contributed by atoms with Gasteiger partial charge in [-0.1, -0.05) is 29.5 Å². The van der Waals surface area contributed by atoms with Crippen LogP contribution in [0, 0.1) is 0 Å². The first-order valence-corrected chi connectivity index (χ1v) is 11.5. The number of ether oxygens (including phenoxy) is 1. The lowest BCUT2D eigenvalue weighted by atomic mass is 10.3. The minimum atomic E-state index is 0. The van der Waals surface area contributed by atoms with Crippen molar-refractivity contribution in [1.29, 1.82) is 0 Å². The number of aromatic nitrogens is 1. The number of anilines is 1. The van der Waals surface area contributed by atoms with Gasteiger partial charge in [-0.05, 0) is 64.3 Å². The molecule has 0 saturated heterocycles. The zero-order chi connectivity index (χ0) is 20.6. The van der Waals surface area contributed by atoms with Crippen molar-refractivity contribution in [3.63, 3.8) is 0 Å². The van der Waals surface area contributed by atoms with Gasteiger partial charge in [-0.25, -0.2) is 4.98 Å². The molecule has 0 saturated carbocycles. The number of halogens is 1. The van der Waals surface area contributed by atoms with Crippen LogP contribution in [0.3, 0.4) is 0 Å². The molecular formula is C22H28ClN3O2S2. The predicted molar refractivity (Wildman–Crippen MR) is 131 cm³/mol. The summed E-state index contributed by atoms with van der Waals surface area (Å²) in [7, 11) is 4.09. The molecule has 0 atom stereocenters. The molecule has 162 valence electrons. The number of thiazole rings is 1. The van der Waals surface area contributed by atoms with Crippen LogP contribution in [-0.4, -0.2) is 55.3 Å². The molecule has 1 heterocycles. The summed E-state index contributed by atoms with van der Waals surface area (Å²) >= 11 is 3.11. The fourth-order valence-electron chi connectivity index (χ4n) is 2.88. The van der Waals surface area contributed by atoms with E-state index in [0.29, 0.717) is 18.9 Å². The van der Waals surface area contributed by atoms with Gasteiger partial charge in [0.2, 0.25) is 5.91 Å². The SMILES string of the molecule is CCOc1ccc2nc(N(CCCN(C)C)C(=O)CSc3ccccc3)sc2c1.Cl. The highest BCUT2D eigenvalue weighted by Crippen LogP contribution is 2.32. The van der Waals surface area contributed by atoms with Crippen LogP contribution in [0.5, 0.6) is 5.75 Å². The highest BCUT2D eigenvalue weighted by molar-refractivity contribution is 8.00. The van der Waals surface area contributed by atoms with Gasteiger partial charge in [0.1, 0.15) is 5.75 Å². The average molecular weight is 466 g/mol. The third kappa shape index (κ3) is 6.87. The number of carbonyl (C=O) groups is 1. The van der Waals surface area contributed by atoms with Crippen LogP contribution in [0.15, 0.2) is 53.4 Å². The molecule has 0 aliphatic carbocycles. The molecule has 3 aromatic rings. The van der Waals surface area contributed by atoms with Gasteiger partial charge < -0.3 is 9.64 Å². The van der Waals surface area contributed by atoms with Crippen LogP contribution in [-0.2, 0) is 4.79 Å². The molecule has 3 rings (SSSR count). The van der Waals surface area contributed by atoms with Crippen molar-refractivity contribution < 1.29 is 9.53 Å². The van der Waals surface area contributed by atoms with Crippen LogP contribution in [0.4, 0.5) is 5.13 Å². The highest BCUT2D eigenvalue weighted by atomic mass is 35.5. The lowest BCUT2D eigenvalue weighted by Crippen LogP contribution is -2.34. The van der Waals surface area contributed by atoms with Crippen molar-refractivity contribution in [3.8, 4) is 5.75 Å². The molecule has 0 N–H and O–H groups in total. The Labute approximate surface area is 192 Å². The van der Waals surface area contributed by atoms with Gasteiger partial charge in [0.05, 0.1) is 22.6 Å². The number of hydrogen-bond donors (Lipinski definition) is 0. The maximum atomic E-state index is 13.1. The minimum Gasteiger partial charge on any atom is -0.494 e. The molecule has 30 heavy (non-hydrogen) atoms. The lowest BCUT2D eigenvalue weighted by Gasteiger charge is -2.21. The van der Waals surface area contributed by atoms with Crippen molar-refractivity contribution >= 4 is 56.8 Å². The van der Waals surface area contributed by atoms with Crippen molar-refractivity contribution in [2.24, 2.45) is 0 Å². The van der Waals surface area contributed by atoms with Gasteiger partial charge in [0.25, 0.3) is 0 Å². The third-order valence-electron chi connectivity index (χ3n) is 4.28. The van der Waals surface area contributed by atoms with Crippen molar-refractivity contribution in [2.75, 3.05) is 44.4 Å². The predicted octanol–water partition coefficient (Wildman–Crippen LogP) is 5.19. The zero-order valence-corrected chi connectivity index (χ0v) is 20.0. The molecule has 2 aromatic carbocycles. The molecule has 0 unspecified atom stereocenters. The minimum absolute atomic E-state index is 0. The number of hydrogen-bond acceptors (Lipinski definition) is 6. The number of carbonyl (C=O) groups excluding carboxylic acids is 1. The lowest BCUT2D eigenvalue weighted by molar-refractivity contribution is -0.116. The number of benzene rings is 2. The zero-order valence-electron chi connectivity index (χ0n) is 17.5. The summed E-state index contributed by atoms with van der Waals surface area (Å²) in [6, 6.07) is 15.9. The van der Waals surface area contributed by atoms with Gasteiger partial charge in [-0.2, -0.15) is 0 Å². The van der Waals surface area contributed by atoms with Crippen LogP contribution < -0.4 is 9.64 Å². The molecule has 1 amide bonds. The Balaban J connectivity index is 0.00000320. The first kappa shape index (κ1) is 24.5. The topological polar surface area (TPSA) is 45.7 Å². The van der Waals surface area contributed by atoms with Crippen molar-refractivity contribution in [1.82, 2.24) is 9.88 Å². The Morgan fingerprint density at radius 2 is 1.90 bits per heavy atom. The fourth-order valence-corrected chi connectivity index (χ4v) is 4.71. The van der Waals surface area contributed by atoms with E-state index in [1.54, 1.807) is 23.1 Å². The number of rotatable bonds is 10. The maximum absolute atomic E-state index is 13.1. The molecule has 0 aliphatic rings. The Hall–Kier alpha value is -1.80. The number of amides is 1. The highest BCUT2D eigenvalue weighted by Gasteiger charge is 2.20. The van der Waals surface area contributed by atoms with E-state index >= 15 is 0 Å². The van der Waals surface area contributed by atoms with E-state index < -0.39 is 0 Å². The second-order valence-corrected chi connectivity index (χ2v) is 8.92. The first-order chi connectivity index (χ1) is 14.1. The molecule has 0 aliphatic heterocycles. The Morgan fingerprint density at radius 1 is 1.13 bits per heavy atom.